The van der Waals surface area contributed by atoms with Crippen molar-refractivity contribution in [2.75, 3.05) is 0 Å². The van der Waals surface area contributed by atoms with Crippen molar-refractivity contribution in [3.63, 3.8) is 0 Å². The molecule has 0 aliphatic carbocycles. The van der Waals surface area contributed by atoms with Crippen molar-refractivity contribution in [2.45, 2.75) is 30.0 Å². The molecule has 4 heteroatoms. The molecule has 2 atom stereocenters. The molecule has 2 nitrogen and oxygen atoms in total. The van der Waals surface area contributed by atoms with Crippen LogP contribution >= 0.6 is 23.4 Å². The highest BCUT2D eigenvalue weighted by Gasteiger charge is 2.17. The molecule has 0 radical (unpaired) electrons. The Kier molecular flexibility index (Phi) is 5.71. The Morgan fingerprint density at radius 1 is 1.10 bits per heavy atom. The molecule has 2 aromatic carbocycles. The fourth-order valence-corrected chi connectivity index (χ4v) is 3.14. The van der Waals surface area contributed by atoms with Gasteiger partial charge in [-0.25, -0.2) is 0 Å². The summed E-state index contributed by atoms with van der Waals surface area (Å²) in [7, 11) is 0. The van der Waals surface area contributed by atoms with E-state index in [0.717, 1.165) is 10.5 Å². The van der Waals surface area contributed by atoms with Crippen LogP contribution in [0.25, 0.3) is 0 Å². The molecule has 0 aliphatic heterocycles. The number of benzene rings is 2. The summed E-state index contributed by atoms with van der Waals surface area (Å²) < 4.78 is 0. The van der Waals surface area contributed by atoms with E-state index in [0.29, 0.717) is 5.02 Å². The van der Waals surface area contributed by atoms with E-state index in [1.54, 1.807) is 0 Å². The van der Waals surface area contributed by atoms with Crippen molar-refractivity contribution >= 4 is 29.3 Å². The van der Waals surface area contributed by atoms with Crippen LogP contribution in [-0.2, 0) is 4.79 Å². The molecule has 2 rings (SSSR count). The first-order valence-corrected chi connectivity index (χ1v) is 8.09. The maximum Gasteiger partial charge on any atom is 0.233 e. The van der Waals surface area contributed by atoms with Gasteiger partial charge in [0.2, 0.25) is 5.91 Å². The van der Waals surface area contributed by atoms with Crippen molar-refractivity contribution < 1.29 is 4.79 Å². The van der Waals surface area contributed by atoms with Crippen molar-refractivity contribution in [1.29, 1.82) is 0 Å². The second kappa shape index (κ2) is 7.53. The Morgan fingerprint density at radius 3 is 2.48 bits per heavy atom. The lowest BCUT2D eigenvalue weighted by Crippen LogP contribution is -2.33. The maximum absolute atomic E-state index is 12.3. The van der Waals surface area contributed by atoms with Crippen LogP contribution in [0.4, 0.5) is 0 Å². The van der Waals surface area contributed by atoms with Crippen molar-refractivity contribution in [3.05, 3.63) is 65.2 Å². The summed E-state index contributed by atoms with van der Waals surface area (Å²) in [5.74, 6) is 0.0244. The highest BCUT2D eigenvalue weighted by molar-refractivity contribution is 8.00. The predicted octanol–water partition coefficient (Wildman–Crippen LogP) is 4.70. The highest BCUT2D eigenvalue weighted by atomic mass is 35.5. The number of carbonyl (C=O) groups excluding carboxylic acids is 1. The lowest BCUT2D eigenvalue weighted by atomic mass is 10.1. The number of thioether (sulfide) groups is 1. The van der Waals surface area contributed by atoms with Gasteiger partial charge >= 0.3 is 0 Å². The summed E-state index contributed by atoms with van der Waals surface area (Å²) in [4.78, 5) is 13.2. The van der Waals surface area contributed by atoms with E-state index in [-0.39, 0.29) is 17.2 Å². The van der Waals surface area contributed by atoms with Crippen LogP contribution in [0.5, 0.6) is 0 Å². The van der Waals surface area contributed by atoms with Gasteiger partial charge in [0.15, 0.2) is 0 Å². The van der Waals surface area contributed by atoms with E-state index in [4.69, 9.17) is 11.6 Å². The molecule has 2 aromatic rings. The Balaban J connectivity index is 1.94. The van der Waals surface area contributed by atoms with Crippen molar-refractivity contribution in [2.24, 2.45) is 0 Å². The molecule has 0 aliphatic rings. The van der Waals surface area contributed by atoms with Crippen LogP contribution in [-0.4, -0.2) is 11.2 Å². The third kappa shape index (κ3) is 4.80. The molecule has 1 N–H and O–H groups in total. The van der Waals surface area contributed by atoms with E-state index in [2.05, 4.69) is 5.32 Å². The molecule has 2 unspecified atom stereocenters. The van der Waals surface area contributed by atoms with Gasteiger partial charge in [-0.3, -0.25) is 4.79 Å². The zero-order valence-electron chi connectivity index (χ0n) is 12.0. The molecular formula is C17H18ClNOS. The van der Waals surface area contributed by atoms with Gasteiger partial charge in [-0.2, -0.15) is 0 Å². The Bertz CT molecular complexity index is 603. The van der Waals surface area contributed by atoms with Crippen LogP contribution in [0.3, 0.4) is 0 Å². The standard InChI is InChI=1S/C17H18ClNOS/c1-12(14-7-4-3-5-8-14)19-17(20)13(2)21-16-10-6-9-15(18)11-16/h3-13H,1-2H3,(H,19,20). The van der Waals surface area contributed by atoms with E-state index >= 15 is 0 Å². The average Bonchev–Trinajstić information content (AvgIpc) is 2.48. The van der Waals surface area contributed by atoms with Gasteiger partial charge in [-0.05, 0) is 37.6 Å². The van der Waals surface area contributed by atoms with Crippen molar-refractivity contribution in [3.8, 4) is 0 Å². The van der Waals surface area contributed by atoms with Crippen LogP contribution in [0.15, 0.2) is 59.5 Å². The summed E-state index contributed by atoms with van der Waals surface area (Å²) >= 11 is 7.46. The molecule has 0 saturated heterocycles. The Morgan fingerprint density at radius 2 is 1.81 bits per heavy atom. The zero-order valence-corrected chi connectivity index (χ0v) is 13.6. The molecule has 0 saturated carbocycles. The summed E-state index contributed by atoms with van der Waals surface area (Å²) in [6.07, 6.45) is 0. The fraction of sp³-hybridized carbons (Fsp3) is 0.235. The molecule has 0 bridgehead atoms. The second-order valence-corrected chi connectivity index (χ2v) is 6.71. The lowest BCUT2D eigenvalue weighted by molar-refractivity contribution is -0.120. The topological polar surface area (TPSA) is 29.1 Å². The first-order chi connectivity index (χ1) is 10.1. The molecule has 0 spiro atoms. The Labute approximate surface area is 134 Å². The fourth-order valence-electron chi connectivity index (χ4n) is 1.95. The monoisotopic (exact) mass is 319 g/mol. The normalized spacial score (nSPS) is 13.5. The first kappa shape index (κ1) is 15.9. The summed E-state index contributed by atoms with van der Waals surface area (Å²) in [5.41, 5.74) is 1.10. The summed E-state index contributed by atoms with van der Waals surface area (Å²) in [6.45, 7) is 3.89. The number of amides is 1. The number of nitrogens with one attached hydrogen (secondary N) is 1. The summed E-state index contributed by atoms with van der Waals surface area (Å²) in [5, 5.41) is 3.55. The van der Waals surface area contributed by atoms with Crippen molar-refractivity contribution in [1.82, 2.24) is 5.32 Å². The minimum atomic E-state index is -0.172. The number of carbonyl (C=O) groups is 1. The Hall–Kier alpha value is -1.45. The van der Waals surface area contributed by atoms with Gasteiger partial charge in [0.1, 0.15) is 0 Å². The molecule has 1 amide bonds. The largest absolute Gasteiger partial charge is 0.349 e. The maximum atomic E-state index is 12.3. The van der Waals surface area contributed by atoms with Gasteiger partial charge in [0, 0.05) is 9.92 Å². The first-order valence-electron chi connectivity index (χ1n) is 6.84. The van der Waals surface area contributed by atoms with Gasteiger partial charge in [0.05, 0.1) is 11.3 Å². The third-order valence-corrected chi connectivity index (χ3v) is 4.47. The molecule has 0 heterocycles. The molecule has 0 fully saturated rings. The average molecular weight is 320 g/mol. The van der Waals surface area contributed by atoms with Gasteiger partial charge in [-0.15, -0.1) is 11.8 Å². The number of rotatable bonds is 5. The predicted molar refractivity (Wildman–Crippen MR) is 89.8 cm³/mol. The summed E-state index contributed by atoms with van der Waals surface area (Å²) in [6, 6.07) is 17.5. The van der Waals surface area contributed by atoms with Crippen LogP contribution < -0.4 is 5.32 Å². The van der Waals surface area contributed by atoms with E-state index in [1.807, 2.05) is 68.4 Å². The minimum Gasteiger partial charge on any atom is -0.349 e. The number of hydrogen-bond acceptors (Lipinski definition) is 2. The number of hydrogen-bond donors (Lipinski definition) is 1. The van der Waals surface area contributed by atoms with Gasteiger partial charge in [-0.1, -0.05) is 48.0 Å². The smallest absolute Gasteiger partial charge is 0.233 e. The van der Waals surface area contributed by atoms with E-state index < -0.39 is 0 Å². The van der Waals surface area contributed by atoms with Crippen LogP contribution in [0, 0.1) is 0 Å². The van der Waals surface area contributed by atoms with Crippen LogP contribution in [0.1, 0.15) is 25.5 Å². The van der Waals surface area contributed by atoms with Gasteiger partial charge in [0.25, 0.3) is 0 Å². The molecular weight excluding hydrogens is 302 g/mol. The third-order valence-electron chi connectivity index (χ3n) is 3.14. The highest BCUT2D eigenvalue weighted by Crippen LogP contribution is 2.26. The van der Waals surface area contributed by atoms with Crippen LogP contribution in [0.2, 0.25) is 5.02 Å². The molecule has 21 heavy (non-hydrogen) atoms. The zero-order chi connectivity index (χ0) is 15.2. The quantitative estimate of drug-likeness (QED) is 0.809. The molecule has 110 valence electrons. The minimum absolute atomic E-state index is 0.00103. The molecule has 0 aromatic heterocycles. The lowest BCUT2D eigenvalue weighted by Gasteiger charge is -2.17. The number of halogens is 1. The SMILES string of the molecule is CC(Sc1cccc(Cl)c1)C(=O)NC(C)c1ccccc1. The van der Waals surface area contributed by atoms with E-state index in [1.165, 1.54) is 11.8 Å². The second-order valence-electron chi connectivity index (χ2n) is 4.86. The van der Waals surface area contributed by atoms with Gasteiger partial charge < -0.3 is 5.32 Å². The van der Waals surface area contributed by atoms with E-state index in [9.17, 15) is 4.79 Å².